The van der Waals surface area contributed by atoms with Gasteiger partial charge in [-0.05, 0) is 13.1 Å². The largest absolute Gasteiger partial charge is 0.394 e. The van der Waals surface area contributed by atoms with Gasteiger partial charge in [0.15, 0.2) is 6.23 Å². The van der Waals surface area contributed by atoms with Crippen LogP contribution in [0.1, 0.15) is 0 Å². The monoisotopic (exact) mass is 326 g/mol. The highest BCUT2D eigenvalue weighted by Gasteiger charge is 2.56. The maximum absolute atomic E-state index is 10.3. The highest BCUT2D eigenvalue weighted by atomic mass is 16.6. The molecular formula is C13H22N6O4. The minimum absolute atomic E-state index is 0.260. The second kappa shape index (κ2) is 5.18. The molecule has 2 unspecified atom stereocenters. The molecule has 5 N–H and O–H groups in total. The van der Waals surface area contributed by atoms with E-state index < -0.39 is 24.5 Å². The number of rotatable bonds is 2. The molecule has 4 heterocycles. The maximum Gasteiger partial charge on any atom is 0.160 e. The number of hydrogen-bond acceptors (Lipinski definition) is 10. The predicted molar refractivity (Wildman–Crippen MR) is 77.1 cm³/mol. The average molecular weight is 326 g/mol. The Kier molecular flexibility index (Phi) is 3.47. The Bertz CT molecular complexity index is 559. The Morgan fingerprint density at radius 3 is 2.87 bits per heavy atom. The molecule has 6 atom stereocenters. The molecule has 4 rings (SSSR count). The number of nitrogens with two attached hydrogens (primary N) is 1. The number of aliphatic hydroxyl groups is 3. The van der Waals surface area contributed by atoms with Crippen LogP contribution in [0.2, 0.25) is 0 Å². The molecule has 0 radical (unpaired) electrons. The van der Waals surface area contributed by atoms with Gasteiger partial charge >= 0.3 is 0 Å². The molecule has 10 nitrogen and oxygen atoms in total. The van der Waals surface area contributed by atoms with E-state index in [4.69, 9.17) is 10.6 Å². The Morgan fingerprint density at radius 2 is 2.17 bits per heavy atom. The van der Waals surface area contributed by atoms with Gasteiger partial charge in [0.2, 0.25) is 0 Å². The Morgan fingerprint density at radius 1 is 1.39 bits per heavy atom. The quantitative estimate of drug-likeness (QED) is 0.408. The second-order valence-corrected chi connectivity index (χ2v) is 6.85. The molecule has 10 heteroatoms. The van der Waals surface area contributed by atoms with Crippen LogP contribution in [0.5, 0.6) is 0 Å². The first-order chi connectivity index (χ1) is 10.9. The summed E-state index contributed by atoms with van der Waals surface area (Å²) in [5.41, 5.74) is -0.329. The third-order valence-electron chi connectivity index (χ3n) is 5.07. The van der Waals surface area contributed by atoms with Crippen LogP contribution in [0.3, 0.4) is 0 Å². The van der Waals surface area contributed by atoms with Gasteiger partial charge in [0.1, 0.15) is 30.3 Å². The van der Waals surface area contributed by atoms with Crippen molar-refractivity contribution in [1.82, 2.24) is 14.8 Å². The van der Waals surface area contributed by atoms with Gasteiger partial charge in [-0.3, -0.25) is 10.7 Å². The molecule has 2 saturated heterocycles. The number of hydrazine groups is 1. The van der Waals surface area contributed by atoms with E-state index in [-0.39, 0.29) is 18.2 Å². The van der Waals surface area contributed by atoms with Crippen LogP contribution in [0.25, 0.3) is 0 Å². The highest BCUT2D eigenvalue weighted by Crippen LogP contribution is 2.46. The Labute approximate surface area is 133 Å². The van der Waals surface area contributed by atoms with Crippen molar-refractivity contribution < 1.29 is 20.1 Å². The van der Waals surface area contributed by atoms with E-state index in [0.717, 1.165) is 6.54 Å². The van der Waals surface area contributed by atoms with Gasteiger partial charge in [0, 0.05) is 13.1 Å². The molecule has 1 spiro atoms. The minimum Gasteiger partial charge on any atom is -0.394 e. The van der Waals surface area contributed by atoms with E-state index in [1.807, 2.05) is 13.1 Å². The number of azo groups is 1. The van der Waals surface area contributed by atoms with Crippen LogP contribution in [0.15, 0.2) is 22.1 Å². The Balaban J connectivity index is 1.61. The normalized spacial score (nSPS) is 47.1. The van der Waals surface area contributed by atoms with E-state index in [2.05, 4.69) is 15.1 Å². The lowest BCUT2D eigenvalue weighted by Crippen LogP contribution is -2.63. The lowest BCUT2D eigenvalue weighted by molar-refractivity contribution is -0.0956. The third kappa shape index (κ3) is 2.14. The van der Waals surface area contributed by atoms with Crippen molar-refractivity contribution in [3.05, 3.63) is 11.9 Å². The first-order valence-electron chi connectivity index (χ1n) is 7.68. The first kappa shape index (κ1) is 15.4. The van der Waals surface area contributed by atoms with Gasteiger partial charge in [0.05, 0.1) is 18.7 Å². The number of ether oxygens (including phenoxy) is 1. The van der Waals surface area contributed by atoms with Crippen LogP contribution < -0.4 is 5.84 Å². The molecular weight excluding hydrogens is 304 g/mol. The summed E-state index contributed by atoms with van der Waals surface area (Å²) in [6.45, 7) is 1.54. The van der Waals surface area contributed by atoms with Crippen molar-refractivity contribution in [2.24, 2.45) is 21.5 Å². The first-order valence-corrected chi connectivity index (χ1v) is 7.68. The van der Waals surface area contributed by atoms with Crippen molar-refractivity contribution in [3.8, 4) is 0 Å². The second-order valence-electron chi connectivity index (χ2n) is 6.85. The van der Waals surface area contributed by atoms with Gasteiger partial charge < -0.3 is 25.0 Å². The summed E-state index contributed by atoms with van der Waals surface area (Å²) < 4.78 is 5.63. The SMILES string of the molecule is CN1CN(N)C2N=NC3=CC2(C1)CN3[C@@H]1O[C@H](CO)[C@@H](O)[C@H]1O. The molecule has 23 heavy (non-hydrogen) atoms. The summed E-state index contributed by atoms with van der Waals surface area (Å²) >= 11 is 0. The average Bonchev–Trinajstić information content (AvgIpc) is 2.93. The van der Waals surface area contributed by atoms with Crippen molar-refractivity contribution >= 4 is 0 Å². The lowest BCUT2D eigenvalue weighted by Gasteiger charge is -2.46. The van der Waals surface area contributed by atoms with Crippen molar-refractivity contribution in [1.29, 1.82) is 0 Å². The summed E-state index contributed by atoms with van der Waals surface area (Å²) in [6.07, 6.45) is -2.05. The van der Waals surface area contributed by atoms with E-state index in [0.29, 0.717) is 19.0 Å². The zero-order chi connectivity index (χ0) is 16.4. The zero-order valence-electron chi connectivity index (χ0n) is 12.9. The van der Waals surface area contributed by atoms with Crippen molar-refractivity contribution in [3.63, 3.8) is 0 Å². The third-order valence-corrected chi connectivity index (χ3v) is 5.07. The van der Waals surface area contributed by atoms with E-state index >= 15 is 0 Å². The fraction of sp³-hybridized carbons (Fsp3) is 0.846. The smallest absolute Gasteiger partial charge is 0.160 e. The van der Waals surface area contributed by atoms with Crippen LogP contribution in [-0.4, -0.2) is 94.2 Å². The van der Waals surface area contributed by atoms with Crippen molar-refractivity contribution in [2.75, 3.05) is 33.4 Å². The molecule has 4 aliphatic heterocycles. The summed E-state index contributed by atoms with van der Waals surface area (Å²) in [5.74, 6) is 6.70. The standard InChI is InChI=1S/C13H22N6O4/c1-17-4-13-2-8(15-16-12(13)19(14)6-17)18(5-13)11-10(22)9(21)7(3-20)23-11/h2,7,9-12,20-22H,3-6,14H2,1H3/t7-,9-,10-,11-,12?,13?/m1/s1. The summed E-state index contributed by atoms with van der Waals surface area (Å²) in [7, 11) is 1.99. The summed E-state index contributed by atoms with van der Waals surface area (Å²) in [5, 5.41) is 39.7. The van der Waals surface area contributed by atoms with Crippen LogP contribution in [0.4, 0.5) is 0 Å². The van der Waals surface area contributed by atoms with Crippen LogP contribution in [0, 0.1) is 5.41 Å². The fourth-order valence-electron chi connectivity index (χ4n) is 4.10. The molecule has 0 saturated carbocycles. The number of nitrogens with zero attached hydrogens (tertiary/aromatic N) is 5. The number of hydrogen-bond donors (Lipinski definition) is 4. The van der Waals surface area contributed by atoms with Gasteiger partial charge in [-0.1, -0.05) is 0 Å². The van der Waals surface area contributed by atoms with Crippen LogP contribution in [-0.2, 0) is 4.74 Å². The fourth-order valence-corrected chi connectivity index (χ4v) is 4.10. The van der Waals surface area contributed by atoms with Gasteiger partial charge in [-0.15, -0.1) is 5.11 Å². The maximum atomic E-state index is 10.3. The Hall–Kier alpha value is -1.14. The lowest BCUT2D eigenvalue weighted by atomic mass is 9.83. The molecule has 128 valence electrons. The predicted octanol–water partition coefficient (Wildman–Crippen LogP) is -2.56. The molecule has 2 bridgehead atoms. The molecule has 0 aliphatic carbocycles. The van der Waals surface area contributed by atoms with Gasteiger partial charge in [-0.2, -0.15) is 5.11 Å². The van der Waals surface area contributed by atoms with Crippen LogP contribution >= 0.6 is 0 Å². The van der Waals surface area contributed by atoms with E-state index in [1.54, 1.807) is 9.91 Å². The summed E-state index contributed by atoms with van der Waals surface area (Å²) in [6, 6.07) is 0. The molecule has 0 aromatic heterocycles. The highest BCUT2D eigenvalue weighted by molar-refractivity contribution is 5.24. The van der Waals surface area contributed by atoms with E-state index in [9.17, 15) is 15.3 Å². The zero-order valence-corrected chi connectivity index (χ0v) is 12.9. The van der Waals surface area contributed by atoms with Gasteiger partial charge in [-0.25, -0.2) is 5.01 Å². The minimum atomic E-state index is -1.13. The van der Waals surface area contributed by atoms with Crippen molar-refractivity contribution in [2.45, 2.75) is 30.7 Å². The molecule has 4 aliphatic rings. The summed E-state index contributed by atoms with van der Waals surface area (Å²) in [4.78, 5) is 3.91. The van der Waals surface area contributed by atoms with E-state index in [1.165, 1.54) is 0 Å². The molecule has 2 fully saturated rings. The molecule has 0 aromatic carbocycles. The molecule has 0 aromatic rings. The number of aliphatic hydroxyl groups excluding tert-OH is 3. The van der Waals surface area contributed by atoms with Gasteiger partial charge in [0.25, 0.3) is 0 Å². The molecule has 0 amide bonds. The topological polar surface area (TPSA) is 130 Å².